The molecule has 1 saturated carbocycles. The number of nitrogens with one attached hydrogen (secondary N) is 1. The van der Waals surface area contributed by atoms with Crippen molar-refractivity contribution in [3.63, 3.8) is 0 Å². The van der Waals surface area contributed by atoms with Crippen molar-refractivity contribution in [3.8, 4) is 0 Å². The lowest BCUT2D eigenvalue weighted by atomic mass is 9.88. The van der Waals surface area contributed by atoms with Crippen LogP contribution in [0.4, 0.5) is 0 Å². The number of aryl methyl sites for hydroxylation is 2. The van der Waals surface area contributed by atoms with Gasteiger partial charge in [-0.2, -0.15) is 0 Å². The molecule has 1 aromatic rings. The molecule has 2 heteroatoms. The molecule has 1 aliphatic rings. The molecule has 1 aromatic carbocycles. The Morgan fingerprint density at radius 3 is 2.30 bits per heavy atom. The van der Waals surface area contributed by atoms with Gasteiger partial charge in [-0.15, -0.1) is 0 Å². The molecule has 112 valence electrons. The minimum absolute atomic E-state index is 0.393. The summed E-state index contributed by atoms with van der Waals surface area (Å²) in [6.45, 7) is 4.30. The van der Waals surface area contributed by atoms with Crippen LogP contribution in [0.15, 0.2) is 12.1 Å². The van der Waals surface area contributed by atoms with Crippen LogP contribution >= 0.6 is 11.6 Å². The molecule has 0 bridgehead atoms. The summed E-state index contributed by atoms with van der Waals surface area (Å²) >= 11 is 6.48. The predicted molar refractivity (Wildman–Crippen MR) is 88.5 cm³/mol. The first-order valence-corrected chi connectivity index (χ1v) is 8.43. The minimum Gasteiger partial charge on any atom is -0.313 e. The van der Waals surface area contributed by atoms with Crippen LogP contribution in [0.2, 0.25) is 5.02 Å². The molecule has 0 heterocycles. The maximum atomic E-state index is 6.48. The molecule has 1 fully saturated rings. The number of benzene rings is 1. The zero-order valence-electron chi connectivity index (χ0n) is 13.1. The van der Waals surface area contributed by atoms with Crippen LogP contribution in [0.25, 0.3) is 0 Å². The zero-order chi connectivity index (χ0) is 14.5. The lowest BCUT2D eigenvalue weighted by molar-refractivity contribution is 0.368. The first-order chi connectivity index (χ1) is 9.61. The Labute approximate surface area is 129 Å². The van der Waals surface area contributed by atoms with Crippen molar-refractivity contribution in [3.05, 3.63) is 33.8 Å². The quantitative estimate of drug-likeness (QED) is 0.715. The maximum Gasteiger partial charge on any atom is 0.0456 e. The average molecular weight is 294 g/mol. The van der Waals surface area contributed by atoms with Crippen molar-refractivity contribution in [2.45, 2.75) is 64.8 Å². The van der Waals surface area contributed by atoms with E-state index in [4.69, 9.17) is 11.6 Å². The van der Waals surface area contributed by atoms with E-state index in [0.717, 1.165) is 10.9 Å². The number of hydrogen-bond acceptors (Lipinski definition) is 1. The van der Waals surface area contributed by atoms with E-state index < -0.39 is 0 Å². The molecule has 0 aromatic heterocycles. The molecule has 1 unspecified atom stereocenters. The topological polar surface area (TPSA) is 12.0 Å². The van der Waals surface area contributed by atoms with Crippen LogP contribution in [0.1, 0.15) is 67.7 Å². The van der Waals surface area contributed by atoms with Crippen LogP contribution in [-0.2, 0) is 0 Å². The Bertz CT molecular complexity index is 433. The summed E-state index contributed by atoms with van der Waals surface area (Å²) < 4.78 is 0. The zero-order valence-corrected chi connectivity index (χ0v) is 13.9. The van der Waals surface area contributed by atoms with Gasteiger partial charge in [0.05, 0.1) is 0 Å². The lowest BCUT2D eigenvalue weighted by Gasteiger charge is -2.24. The SMILES string of the molecule is CNC(CC1CCCCCC1)c1cc(C)c(C)cc1Cl. The summed E-state index contributed by atoms with van der Waals surface area (Å²) in [5.74, 6) is 0.854. The monoisotopic (exact) mass is 293 g/mol. The van der Waals surface area contributed by atoms with Crippen molar-refractivity contribution in [1.82, 2.24) is 5.32 Å². The molecule has 0 aliphatic heterocycles. The highest BCUT2D eigenvalue weighted by Crippen LogP contribution is 2.34. The molecule has 0 saturated heterocycles. The summed E-state index contributed by atoms with van der Waals surface area (Å²) in [5.41, 5.74) is 3.90. The largest absolute Gasteiger partial charge is 0.313 e. The van der Waals surface area contributed by atoms with Gasteiger partial charge in [-0.25, -0.2) is 0 Å². The van der Waals surface area contributed by atoms with Gasteiger partial charge in [-0.3, -0.25) is 0 Å². The van der Waals surface area contributed by atoms with Gasteiger partial charge in [0.1, 0.15) is 0 Å². The van der Waals surface area contributed by atoms with Gasteiger partial charge in [0.25, 0.3) is 0 Å². The highest BCUT2D eigenvalue weighted by atomic mass is 35.5. The molecule has 1 atom stereocenters. The van der Waals surface area contributed by atoms with E-state index in [1.165, 1.54) is 61.6 Å². The molecule has 1 aliphatic carbocycles. The second-order valence-electron chi connectivity index (χ2n) is 6.39. The Kier molecular flexibility index (Phi) is 5.92. The van der Waals surface area contributed by atoms with Crippen molar-refractivity contribution >= 4 is 11.6 Å². The minimum atomic E-state index is 0.393. The maximum absolute atomic E-state index is 6.48. The molecule has 0 amide bonds. The number of rotatable bonds is 4. The van der Waals surface area contributed by atoms with Gasteiger partial charge in [0.15, 0.2) is 0 Å². The van der Waals surface area contributed by atoms with Crippen molar-refractivity contribution < 1.29 is 0 Å². The third-order valence-electron chi connectivity index (χ3n) is 4.88. The molecular weight excluding hydrogens is 266 g/mol. The van der Waals surface area contributed by atoms with Gasteiger partial charge in [-0.05, 0) is 56.0 Å². The molecule has 1 N–H and O–H groups in total. The Morgan fingerprint density at radius 2 is 1.70 bits per heavy atom. The first-order valence-electron chi connectivity index (χ1n) is 8.05. The number of halogens is 1. The van der Waals surface area contributed by atoms with Crippen LogP contribution in [0.5, 0.6) is 0 Å². The molecule has 2 rings (SSSR count). The normalized spacial score (nSPS) is 18.8. The van der Waals surface area contributed by atoms with Crippen LogP contribution in [0.3, 0.4) is 0 Å². The van der Waals surface area contributed by atoms with Gasteiger partial charge < -0.3 is 5.32 Å². The summed E-state index contributed by atoms with van der Waals surface area (Å²) in [6.07, 6.45) is 9.65. The third-order valence-corrected chi connectivity index (χ3v) is 5.21. The molecule has 0 spiro atoms. The fraction of sp³-hybridized carbons (Fsp3) is 0.667. The molecule has 0 radical (unpaired) electrons. The standard InChI is InChI=1S/C18H28ClN/c1-13-10-16(17(19)11-14(13)2)18(20-3)12-15-8-6-4-5-7-9-15/h10-11,15,18,20H,4-9,12H2,1-3H3. The van der Waals surface area contributed by atoms with Gasteiger partial charge in [-0.1, -0.05) is 56.2 Å². The van der Waals surface area contributed by atoms with E-state index in [-0.39, 0.29) is 0 Å². The van der Waals surface area contributed by atoms with Crippen molar-refractivity contribution in [1.29, 1.82) is 0 Å². The van der Waals surface area contributed by atoms with Gasteiger partial charge in [0.2, 0.25) is 0 Å². The Balaban J connectivity index is 2.13. The highest BCUT2D eigenvalue weighted by Gasteiger charge is 2.20. The van der Waals surface area contributed by atoms with E-state index >= 15 is 0 Å². The molecule has 20 heavy (non-hydrogen) atoms. The fourth-order valence-corrected chi connectivity index (χ4v) is 3.75. The van der Waals surface area contributed by atoms with E-state index in [1.807, 2.05) is 0 Å². The third kappa shape index (κ3) is 3.99. The fourth-order valence-electron chi connectivity index (χ4n) is 3.40. The molecule has 1 nitrogen and oxygen atoms in total. The molecular formula is C18H28ClN. The summed E-state index contributed by atoms with van der Waals surface area (Å²) in [6, 6.07) is 4.78. The lowest BCUT2D eigenvalue weighted by Crippen LogP contribution is -2.20. The summed E-state index contributed by atoms with van der Waals surface area (Å²) in [5, 5.41) is 4.41. The predicted octanol–water partition coefficient (Wildman–Crippen LogP) is 5.58. The van der Waals surface area contributed by atoms with E-state index in [2.05, 4.69) is 38.3 Å². The van der Waals surface area contributed by atoms with E-state index in [1.54, 1.807) is 0 Å². The second-order valence-corrected chi connectivity index (χ2v) is 6.80. The smallest absolute Gasteiger partial charge is 0.0456 e. The summed E-state index contributed by atoms with van der Waals surface area (Å²) in [4.78, 5) is 0. The van der Waals surface area contributed by atoms with Gasteiger partial charge in [0, 0.05) is 11.1 Å². The van der Waals surface area contributed by atoms with Crippen LogP contribution in [-0.4, -0.2) is 7.05 Å². The Hall–Kier alpha value is -0.530. The van der Waals surface area contributed by atoms with Crippen molar-refractivity contribution in [2.75, 3.05) is 7.05 Å². The van der Waals surface area contributed by atoms with E-state index in [9.17, 15) is 0 Å². The number of hydrogen-bond donors (Lipinski definition) is 1. The highest BCUT2D eigenvalue weighted by molar-refractivity contribution is 6.31. The summed E-state index contributed by atoms with van der Waals surface area (Å²) in [7, 11) is 2.06. The Morgan fingerprint density at radius 1 is 1.10 bits per heavy atom. The van der Waals surface area contributed by atoms with Crippen LogP contribution < -0.4 is 5.32 Å². The van der Waals surface area contributed by atoms with Crippen LogP contribution in [0, 0.1) is 19.8 Å². The first kappa shape index (κ1) is 15.9. The average Bonchev–Trinajstić information content (AvgIpc) is 2.69. The van der Waals surface area contributed by atoms with Crippen molar-refractivity contribution in [2.24, 2.45) is 5.92 Å². The second kappa shape index (κ2) is 7.47. The van der Waals surface area contributed by atoms with E-state index in [0.29, 0.717) is 6.04 Å². The van der Waals surface area contributed by atoms with Gasteiger partial charge >= 0.3 is 0 Å².